The molecule has 0 bridgehead atoms. The van der Waals surface area contributed by atoms with Crippen molar-refractivity contribution in [3.8, 4) is 0 Å². The highest BCUT2D eigenvalue weighted by atomic mass is 35.5. The first kappa shape index (κ1) is 14.1. The van der Waals surface area contributed by atoms with Crippen molar-refractivity contribution in [1.29, 1.82) is 0 Å². The number of aldehydes is 1. The van der Waals surface area contributed by atoms with Gasteiger partial charge in [-0.25, -0.2) is 0 Å². The fraction of sp³-hybridized carbons (Fsp3) is 0.357. The number of hydrogen-bond acceptors (Lipinski definition) is 3. The van der Waals surface area contributed by atoms with Crippen LogP contribution in [0, 0.1) is 0 Å². The van der Waals surface area contributed by atoms with Crippen LogP contribution in [0.5, 0.6) is 0 Å². The fourth-order valence-electron chi connectivity index (χ4n) is 1.98. The van der Waals surface area contributed by atoms with Crippen molar-refractivity contribution in [2.45, 2.75) is 6.54 Å². The van der Waals surface area contributed by atoms with Gasteiger partial charge in [0.1, 0.15) is 0 Å². The average molecular weight is 282 g/mol. The number of nitrogens with zero attached hydrogens (tertiary/aromatic N) is 1. The summed E-state index contributed by atoms with van der Waals surface area (Å²) in [5.74, 6) is 0. The van der Waals surface area contributed by atoms with E-state index in [1.54, 1.807) is 13.2 Å². The highest BCUT2D eigenvalue weighted by molar-refractivity contribution is 6.31. The predicted octanol–water partition coefficient (Wildman–Crippen LogP) is 2.77. The number of benzene rings is 1. The van der Waals surface area contributed by atoms with Crippen LogP contribution in [0.3, 0.4) is 0 Å². The van der Waals surface area contributed by atoms with Crippen LogP contribution in [-0.4, -0.2) is 37.8 Å². The lowest BCUT2D eigenvalue weighted by Crippen LogP contribution is -2.08. The summed E-state index contributed by atoms with van der Waals surface area (Å²) in [5.41, 5.74) is 1.62. The Morgan fingerprint density at radius 1 is 1.32 bits per heavy atom. The van der Waals surface area contributed by atoms with Crippen molar-refractivity contribution in [3.05, 3.63) is 35.0 Å². The molecule has 2 aromatic rings. The van der Waals surface area contributed by atoms with Crippen LogP contribution < -0.4 is 0 Å². The van der Waals surface area contributed by atoms with Crippen LogP contribution in [0.4, 0.5) is 0 Å². The van der Waals surface area contributed by atoms with Crippen molar-refractivity contribution in [1.82, 2.24) is 4.57 Å². The highest BCUT2D eigenvalue weighted by Crippen LogP contribution is 2.23. The minimum atomic E-state index is 0.566. The SMILES string of the molecule is COCCOCCn1cc(C=O)c2ccc(Cl)cc21. The van der Waals surface area contributed by atoms with E-state index >= 15 is 0 Å². The van der Waals surface area contributed by atoms with Crippen molar-refractivity contribution >= 4 is 28.8 Å². The Labute approximate surface area is 116 Å². The second-order valence-corrected chi connectivity index (χ2v) is 4.60. The zero-order valence-electron chi connectivity index (χ0n) is 10.8. The maximum atomic E-state index is 11.0. The van der Waals surface area contributed by atoms with Crippen LogP contribution in [0.2, 0.25) is 5.02 Å². The Morgan fingerprint density at radius 2 is 2.16 bits per heavy atom. The Kier molecular flexibility index (Phi) is 4.96. The minimum Gasteiger partial charge on any atom is -0.382 e. The third-order valence-electron chi connectivity index (χ3n) is 2.91. The molecule has 5 heteroatoms. The molecule has 0 N–H and O–H groups in total. The molecular formula is C14H16ClNO3. The van der Waals surface area contributed by atoms with Gasteiger partial charge in [-0.1, -0.05) is 17.7 Å². The summed E-state index contributed by atoms with van der Waals surface area (Å²) in [6.45, 7) is 2.39. The molecule has 1 aromatic heterocycles. The van der Waals surface area contributed by atoms with E-state index in [4.69, 9.17) is 21.1 Å². The van der Waals surface area contributed by atoms with Crippen LogP contribution in [0.15, 0.2) is 24.4 Å². The molecule has 0 aliphatic carbocycles. The molecule has 0 fully saturated rings. The van der Waals surface area contributed by atoms with Crippen LogP contribution in [0.1, 0.15) is 10.4 Å². The molecule has 0 radical (unpaired) electrons. The molecule has 0 atom stereocenters. The van der Waals surface area contributed by atoms with E-state index in [0.29, 0.717) is 37.0 Å². The summed E-state index contributed by atoms with van der Waals surface area (Å²) in [4.78, 5) is 11.0. The van der Waals surface area contributed by atoms with E-state index in [1.165, 1.54) is 0 Å². The minimum absolute atomic E-state index is 0.566. The molecule has 0 spiro atoms. The van der Waals surface area contributed by atoms with Gasteiger partial charge < -0.3 is 14.0 Å². The number of rotatable bonds is 7. The molecule has 1 aromatic carbocycles. The number of halogens is 1. The Balaban J connectivity index is 2.13. The van der Waals surface area contributed by atoms with Crippen molar-refractivity contribution in [2.24, 2.45) is 0 Å². The molecule has 0 aliphatic rings. The van der Waals surface area contributed by atoms with E-state index in [1.807, 2.05) is 22.9 Å². The maximum absolute atomic E-state index is 11.0. The summed E-state index contributed by atoms with van der Waals surface area (Å²) in [7, 11) is 1.64. The van der Waals surface area contributed by atoms with Gasteiger partial charge >= 0.3 is 0 Å². The molecular weight excluding hydrogens is 266 g/mol. The second kappa shape index (κ2) is 6.70. The molecule has 0 amide bonds. The Morgan fingerprint density at radius 3 is 2.89 bits per heavy atom. The van der Waals surface area contributed by atoms with E-state index < -0.39 is 0 Å². The quantitative estimate of drug-likeness (QED) is 0.579. The average Bonchev–Trinajstić information content (AvgIpc) is 2.76. The van der Waals surface area contributed by atoms with E-state index in [-0.39, 0.29) is 0 Å². The van der Waals surface area contributed by atoms with Crippen LogP contribution in [0.25, 0.3) is 10.9 Å². The summed E-state index contributed by atoms with van der Waals surface area (Å²) < 4.78 is 12.3. The van der Waals surface area contributed by atoms with Gasteiger partial charge in [0.2, 0.25) is 0 Å². The lowest BCUT2D eigenvalue weighted by atomic mass is 10.2. The van der Waals surface area contributed by atoms with E-state index in [9.17, 15) is 4.79 Å². The maximum Gasteiger partial charge on any atom is 0.152 e. The second-order valence-electron chi connectivity index (χ2n) is 4.16. The van der Waals surface area contributed by atoms with Crippen LogP contribution >= 0.6 is 11.6 Å². The van der Waals surface area contributed by atoms with Gasteiger partial charge in [-0.15, -0.1) is 0 Å². The summed E-state index contributed by atoms with van der Waals surface area (Å²) >= 11 is 6.00. The van der Waals surface area contributed by atoms with Crippen molar-refractivity contribution in [2.75, 3.05) is 26.9 Å². The molecule has 1 heterocycles. The molecule has 0 unspecified atom stereocenters. The third-order valence-corrected chi connectivity index (χ3v) is 3.15. The smallest absolute Gasteiger partial charge is 0.152 e. The molecule has 19 heavy (non-hydrogen) atoms. The molecule has 4 nitrogen and oxygen atoms in total. The van der Waals surface area contributed by atoms with Crippen molar-refractivity contribution < 1.29 is 14.3 Å². The topological polar surface area (TPSA) is 40.5 Å². The van der Waals surface area contributed by atoms with E-state index in [2.05, 4.69) is 0 Å². The molecule has 0 aliphatic heterocycles. The number of hydrogen-bond donors (Lipinski definition) is 0. The van der Waals surface area contributed by atoms with E-state index in [0.717, 1.165) is 17.2 Å². The standard InChI is InChI=1S/C14H16ClNO3/c1-18-6-7-19-5-4-16-9-11(10-17)13-3-2-12(15)8-14(13)16/h2-3,8-10H,4-7H2,1H3. The molecule has 102 valence electrons. The van der Waals surface area contributed by atoms with Gasteiger partial charge in [0.15, 0.2) is 6.29 Å². The third kappa shape index (κ3) is 3.35. The lowest BCUT2D eigenvalue weighted by molar-refractivity contribution is 0.0670. The number of aromatic nitrogens is 1. The number of fused-ring (bicyclic) bond motifs is 1. The Hall–Kier alpha value is -1.36. The van der Waals surface area contributed by atoms with Gasteiger partial charge in [0.25, 0.3) is 0 Å². The molecule has 0 saturated carbocycles. The molecule has 2 rings (SSSR count). The summed E-state index contributed by atoms with van der Waals surface area (Å²) in [6, 6.07) is 5.51. The number of ether oxygens (including phenoxy) is 2. The first-order valence-corrected chi connectivity index (χ1v) is 6.44. The molecule has 0 saturated heterocycles. The monoisotopic (exact) mass is 281 g/mol. The van der Waals surface area contributed by atoms with Gasteiger partial charge in [-0.3, -0.25) is 4.79 Å². The lowest BCUT2D eigenvalue weighted by Gasteiger charge is -2.06. The summed E-state index contributed by atoms with van der Waals surface area (Å²) in [6.07, 6.45) is 2.69. The Bertz CT molecular complexity index is 565. The predicted molar refractivity (Wildman–Crippen MR) is 75.0 cm³/mol. The van der Waals surface area contributed by atoms with Gasteiger partial charge in [-0.2, -0.15) is 0 Å². The number of methoxy groups -OCH3 is 1. The first-order valence-electron chi connectivity index (χ1n) is 6.06. The zero-order valence-corrected chi connectivity index (χ0v) is 11.5. The number of carbonyl (C=O) groups excluding carboxylic acids is 1. The largest absolute Gasteiger partial charge is 0.382 e. The fourth-order valence-corrected chi connectivity index (χ4v) is 2.15. The first-order chi connectivity index (χ1) is 9.26. The van der Waals surface area contributed by atoms with Crippen LogP contribution in [-0.2, 0) is 16.0 Å². The normalized spacial score (nSPS) is 11.1. The summed E-state index contributed by atoms with van der Waals surface area (Å²) in [5, 5.41) is 1.57. The number of carbonyl (C=O) groups is 1. The van der Waals surface area contributed by atoms with Gasteiger partial charge in [-0.05, 0) is 12.1 Å². The van der Waals surface area contributed by atoms with Crippen molar-refractivity contribution in [3.63, 3.8) is 0 Å². The van der Waals surface area contributed by atoms with Gasteiger partial charge in [0, 0.05) is 35.8 Å². The zero-order chi connectivity index (χ0) is 13.7. The highest BCUT2D eigenvalue weighted by Gasteiger charge is 2.08. The van der Waals surface area contributed by atoms with Gasteiger partial charge in [0.05, 0.1) is 25.3 Å².